The predicted molar refractivity (Wildman–Crippen MR) is 82.9 cm³/mol. The van der Waals surface area contributed by atoms with Gasteiger partial charge in [-0.25, -0.2) is 0 Å². The molecule has 1 unspecified atom stereocenters. The molecular weight excluding hydrogens is 252 g/mol. The van der Waals surface area contributed by atoms with Crippen molar-refractivity contribution in [3.05, 3.63) is 29.8 Å². The Labute approximate surface area is 117 Å². The molecule has 0 heterocycles. The number of aliphatic hydroxyl groups is 1. The molecule has 19 heavy (non-hydrogen) atoms. The molecule has 1 rings (SSSR count). The van der Waals surface area contributed by atoms with Crippen LogP contribution < -0.4 is 4.74 Å². The van der Waals surface area contributed by atoms with Crippen LogP contribution in [0.15, 0.2) is 24.3 Å². The van der Waals surface area contributed by atoms with Crippen LogP contribution in [0, 0.1) is 11.5 Å². The quantitative estimate of drug-likeness (QED) is 0.504. The lowest BCUT2D eigenvalue weighted by molar-refractivity contribution is 0.238. The van der Waals surface area contributed by atoms with Crippen molar-refractivity contribution in [1.82, 2.24) is 0 Å². The molecule has 0 aromatic heterocycles. The molecule has 0 aliphatic rings. The average Bonchev–Trinajstić information content (AvgIpc) is 2.36. The predicted octanol–water partition coefficient (Wildman–Crippen LogP) is 3.78. The van der Waals surface area contributed by atoms with Crippen LogP contribution in [0.4, 0.5) is 0 Å². The fourth-order valence-corrected chi connectivity index (χ4v) is 2.02. The lowest BCUT2D eigenvalue weighted by atomic mass is 10.1. The number of rotatable bonds is 5. The summed E-state index contributed by atoms with van der Waals surface area (Å²) in [6.07, 6.45) is 1.49. The van der Waals surface area contributed by atoms with Crippen LogP contribution >= 0.6 is 0 Å². The highest BCUT2D eigenvalue weighted by Gasteiger charge is 2.09. The molecule has 0 saturated carbocycles. The van der Waals surface area contributed by atoms with E-state index in [9.17, 15) is 5.11 Å². The highest BCUT2D eigenvalue weighted by molar-refractivity contribution is 6.83. The number of hydrogen-bond donors (Lipinski definition) is 1. The van der Waals surface area contributed by atoms with Gasteiger partial charge in [-0.15, -0.1) is 5.54 Å². The molecule has 0 aliphatic heterocycles. The normalized spacial score (nSPS) is 12.5. The molecule has 0 radical (unpaired) electrons. The van der Waals surface area contributed by atoms with Gasteiger partial charge in [0.05, 0.1) is 6.61 Å². The van der Waals surface area contributed by atoms with Gasteiger partial charge in [0.25, 0.3) is 0 Å². The van der Waals surface area contributed by atoms with E-state index < -0.39 is 14.2 Å². The van der Waals surface area contributed by atoms with Crippen LogP contribution in [-0.4, -0.2) is 19.8 Å². The van der Waals surface area contributed by atoms with Crippen LogP contribution in [0.25, 0.3) is 0 Å². The van der Waals surface area contributed by atoms with Crippen molar-refractivity contribution < 1.29 is 9.84 Å². The molecule has 1 aromatic carbocycles. The zero-order valence-electron chi connectivity index (χ0n) is 12.4. The van der Waals surface area contributed by atoms with Gasteiger partial charge in [0.15, 0.2) is 0 Å². The van der Waals surface area contributed by atoms with Gasteiger partial charge < -0.3 is 9.84 Å². The summed E-state index contributed by atoms with van der Waals surface area (Å²) in [6, 6.07) is 7.55. The molecule has 1 atom stereocenters. The fraction of sp³-hybridized carbons (Fsp3) is 0.500. The first-order chi connectivity index (χ1) is 8.92. The molecule has 0 aliphatic carbocycles. The monoisotopic (exact) mass is 276 g/mol. The summed E-state index contributed by atoms with van der Waals surface area (Å²) in [5, 5.41) is 10.00. The molecule has 2 nitrogen and oxygen atoms in total. The minimum atomic E-state index is -1.43. The number of hydrogen-bond acceptors (Lipinski definition) is 2. The summed E-state index contributed by atoms with van der Waals surface area (Å²) >= 11 is 0. The molecular formula is C16H24O2Si. The van der Waals surface area contributed by atoms with Gasteiger partial charge in [-0.05, 0) is 24.1 Å². The maximum atomic E-state index is 10.00. The molecule has 3 heteroatoms. The highest BCUT2D eigenvalue weighted by atomic mass is 28.3. The summed E-state index contributed by atoms with van der Waals surface area (Å²) in [7, 11) is -1.43. The van der Waals surface area contributed by atoms with E-state index in [0.29, 0.717) is 0 Å². The van der Waals surface area contributed by atoms with E-state index in [-0.39, 0.29) is 0 Å². The Morgan fingerprint density at radius 1 is 1.21 bits per heavy atom. The second kappa shape index (κ2) is 7.37. The van der Waals surface area contributed by atoms with E-state index in [1.807, 2.05) is 24.3 Å². The molecule has 0 amide bonds. The Morgan fingerprint density at radius 3 is 2.37 bits per heavy atom. The number of unbranched alkanes of at least 4 members (excludes halogenated alkanes) is 1. The van der Waals surface area contributed by atoms with E-state index >= 15 is 0 Å². The smallest absolute Gasteiger partial charge is 0.139 e. The van der Waals surface area contributed by atoms with Gasteiger partial charge >= 0.3 is 0 Å². The summed E-state index contributed by atoms with van der Waals surface area (Å²) in [6.45, 7) is 9.38. The largest absolute Gasteiger partial charge is 0.494 e. The topological polar surface area (TPSA) is 29.5 Å². The van der Waals surface area contributed by atoms with E-state index in [1.165, 1.54) is 0 Å². The van der Waals surface area contributed by atoms with Crippen LogP contribution in [0.3, 0.4) is 0 Å². The lowest BCUT2D eigenvalue weighted by Crippen LogP contribution is -2.16. The molecule has 0 spiro atoms. The Morgan fingerprint density at radius 2 is 1.84 bits per heavy atom. The van der Waals surface area contributed by atoms with Gasteiger partial charge in [0.2, 0.25) is 0 Å². The average molecular weight is 276 g/mol. The summed E-state index contributed by atoms with van der Waals surface area (Å²) in [5.41, 5.74) is 4.01. The molecule has 0 bridgehead atoms. The number of ether oxygens (including phenoxy) is 1. The van der Waals surface area contributed by atoms with E-state index in [1.54, 1.807) is 0 Å². The first kappa shape index (κ1) is 15.8. The Balaban J connectivity index is 2.62. The molecule has 0 saturated heterocycles. The lowest BCUT2D eigenvalue weighted by Gasteiger charge is -2.09. The van der Waals surface area contributed by atoms with Crippen molar-refractivity contribution in [3.63, 3.8) is 0 Å². The maximum Gasteiger partial charge on any atom is 0.139 e. The van der Waals surface area contributed by atoms with Gasteiger partial charge in [0.1, 0.15) is 19.9 Å². The van der Waals surface area contributed by atoms with Gasteiger partial charge in [-0.1, -0.05) is 51.0 Å². The van der Waals surface area contributed by atoms with Crippen molar-refractivity contribution >= 4 is 8.07 Å². The van der Waals surface area contributed by atoms with Crippen molar-refractivity contribution in [2.75, 3.05) is 6.61 Å². The minimum absolute atomic E-state index is 0.698. The van der Waals surface area contributed by atoms with Crippen LogP contribution in [0.2, 0.25) is 19.6 Å². The second-order valence-electron chi connectivity index (χ2n) is 5.69. The summed E-state index contributed by atoms with van der Waals surface area (Å²) < 4.78 is 5.58. The molecule has 1 N–H and O–H groups in total. The number of benzene rings is 1. The van der Waals surface area contributed by atoms with Crippen molar-refractivity contribution in [1.29, 1.82) is 0 Å². The Kier molecular flexibility index (Phi) is 6.14. The van der Waals surface area contributed by atoms with E-state index in [2.05, 4.69) is 38.0 Å². The van der Waals surface area contributed by atoms with Crippen LogP contribution in [0.1, 0.15) is 31.4 Å². The third-order valence-electron chi connectivity index (χ3n) is 2.55. The van der Waals surface area contributed by atoms with Crippen LogP contribution in [-0.2, 0) is 0 Å². The second-order valence-corrected chi connectivity index (χ2v) is 10.4. The highest BCUT2D eigenvalue weighted by Crippen LogP contribution is 2.18. The van der Waals surface area contributed by atoms with Crippen molar-refractivity contribution in [2.24, 2.45) is 0 Å². The minimum Gasteiger partial charge on any atom is -0.494 e. The molecule has 0 fully saturated rings. The fourth-order valence-electron chi connectivity index (χ4n) is 1.45. The van der Waals surface area contributed by atoms with Crippen molar-refractivity contribution in [3.8, 4) is 17.2 Å². The first-order valence-electron chi connectivity index (χ1n) is 6.86. The first-order valence-corrected chi connectivity index (χ1v) is 10.4. The molecule has 104 valence electrons. The zero-order valence-corrected chi connectivity index (χ0v) is 13.4. The SMILES string of the molecule is CCCCOc1ccc(C(O)C#C[Si](C)(C)C)cc1. The maximum absolute atomic E-state index is 10.00. The zero-order chi connectivity index (χ0) is 14.3. The van der Waals surface area contributed by atoms with E-state index in [0.717, 1.165) is 30.8 Å². The molecule has 1 aromatic rings. The van der Waals surface area contributed by atoms with Gasteiger partial charge in [-0.3, -0.25) is 0 Å². The van der Waals surface area contributed by atoms with Gasteiger partial charge in [0, 0.05) is 0 Å². The Hall–Kier alpha value is -1.24. The van der Waals surface area contributed by atoms with Crippen molar-refractivity contribution in [2.45, 2.75) is 45.5 Å². The Bertz CT molecular complexity index is 435. The third-order valence-corrected chi connectivity index (χ3v) is 3.44. The summed E-state index contributed by atoms with van der Waals surface area (Å²) in [5.74, 6) is 3.79. The third kappa shape index (κ3) is 6.47. The van der Waals surface area contributed by atoms with E-state index in [4.69, 9.17) is 4.74 Å². The summed E-state index contributed by atoms with van der Waals surface area (Å²) in [4.78, 5) is 0. The van der Waals surface area contributed by atoms with Crippen LogP contribution in [0.5, 0.6) is 5.75 Å². The standard InChI is InChI=1S/C16H24O2Si/c1-5-6-12-18-15-9-7-14(8-10-15)16(17)11-13-19(2,3)4/h7-10,16-17H,5-6,12H2,1-4H3. The number of aliphatic hydroxyl groups excluding tert-OH is 1. The van der Waals surface area contributed by atoms with Gasteiger partial charge in [-0.2, -0.15) is 0 Å².